The summed E-state index contributed by atoms with van der Waals surface area (Å²) in [6.45, 7) is 9.54. The van der Waals surface area contributed by atoms with Crippen molar-refractivity contribution in [2.24, 2.45) is 11.3 Å². The number of nitrogens with one attached hydrogen (secondary N) is 1. The zero-order valence-corrected chi connectivity index (χ0v) is 13.1. The minimum Gasteiger partial charge on any atom is -0.397 e. The Morgan fingerprint density at radius 3 is 2.32 bits per heavy atom. The summed E-state index contributed by atoms with van der Waals surface area (Å²) in [6, 6.07) is 4.80. The monoisotopic (exact) mass is 284 g/mol. The van der Waals surface area contributed by atoms with E-state index in [2.05, 4.69) is 33.0 Å². The van der Waals surface area contributed by atoms with E-state index < -0.39 is 9.84 Å². The Balaban J connectivity index is 2.82. The largest absolute Gasteiger partial charge is 0.397 e. The minimum absolute atomic E-state index is 0.217. The lowest BCUT2D eigenvalue weighted by atomic mass is 9.82. The molecule has 0 aliphatic heterocycles. The number of nitrogens with two attached hydrogens (primary N) is 1. The van der Waals surface area contributed by atoms with Crippen LogP contribution in [0, 0.1) is 11.3 Å². The van der Waals surface area contributed by atoms with Crippen LogP contribution in [0.15, 0.2) is 23.1 Å². The first-order valence-electron chi connectivity index (χ1n) is 6.35. The first-order valence-corrected chi connectivity index (χ1v) is 8.24. The highest BCUT2D eigenvalue weighted by molar-refractivity contribution is 7.90. The molecule has 1 atom stereocenters. The molecule has 3 N–H and O–H groups in total. The van der Waals surface area contributed by atoms with Gasteiger partial charge in [-0.05, 0) is 29.5 Å². The van der Waals surface area contributed by atoms with Crippen LogP contribution >= 0.6 is 0 Å². The van der Waals surface area contributed by atoms with Crippen molar-refractivity contribution < 1.29 is 8.42 Å². The Morgan fingerprint density at radius 1 is 1.32 bits per heavy atom. The summed E-state index contributed by atoms with van der Waals surface area (Å²) in [4.78, 5) is 0.249. The van der Waals surface area contributed by atoms with Gasteiger partial charge in [-0.2, -0.15) is 0 Å². The van der Waals surface area contributed by atoms with Gasteiger partial charge in [-0.1, -0.05) is 27.7 Å². The van der Waals surface area contributed by atoms with Crippen molar-refractivity contribution in [2.75, 3.05) is 23.9 Å². The van der Waals surface area contributed by atoms with E-state index in [0.29, 0.717) is 11.6 Å². The fraction of sp³-hybridized carbons (Fsp3) is 0.571. The van der Waals surface area contributed by atoms with Crippen molar-refractivity contribution >= 4 is 21.2 Å². The molecule has 4 nitrogen and oxygen atoms in total. The zero-order chi connectivity index (χ0) is 14.8. The van der Waals surface area contributed by atoms with Gasteiger partial charge in [0.15, 0.2) is 9.84 Å². The molecule has 0 heterocycles. The van der Waals surface area contributed by atoms with Crippen LogP contribution in [0.4, 0.5) is 11.4 Å². The van der Waals surface area contributed by atoms with Crippen LogP contribution in [0.3, 0.4) is 0 Å². The van der Waals surface area contributed by atoms with Gasteiger partial charge in [0.1, 0.15) is 0 Å². The van der Waals surface area contributed by atoms with E-state index in [0.717, 1.165) is 12.2 Å². The lowest BCUT2D eigenvalue weighted by Crippen LogP contribution is -2.25. The van der Waals surface area contributed by atoms with Gasteiger partial charge in [0.05, 0.1) is 16.3 Å². The van der Waals surface area contributed by atoms with Gasteiger partial charge >= 0.3 is 0 Å². The number of nitrogen functional groups attached to an aromatic ring is 1. The summed E-state index contributed by atoms with van der Waals surface area (Å²) in [6.07, 6.45) is 1.18. The molecule has 0 saturated carbocycles. The van der Waals surface area contributed by atoms with Gasteiger partial charge in [-0.3, -0.25) is 0 Å². The van der Waals surface area contributed by atoms with E-state index in [4.69, 9.17) is 5.73 Å². The molecule has 1 unspecified atom stereocenters. The van der Waals surface area contributed by atoms with Crippen LogP contribution in [-0.4, -0.2) is 21.2 Å². The number of benzene rings is 1. The van der Waals surface area contributed by atoms with Gasteiger partial charge in [-0.25, -0.2) is 8.42 Å². The number of sulfone groups is 1. The number of hydrogen-bond donors (Lipinski definition) is 2. The predicted molar refractivity (Wildman–Crippen MR) is 81.1 cm³/mol. The number of anilines is 2. The van der Waals surface area contributed by atoms with E-state index in [1.807, 2.05) is 0 Å². The van der Waals surface area contributed by atoms with Gasteiger partial charge in [-0.15, -0.1) is 0 Å². The molecule has 1 rings (SSSR count). The van der Waals surface area contributed by atoms with Crippen molar-refractivity contribution in [2.45, 2.75) is 32.6 Å². The van der Waals surface area contributed by atoms with Gasteiger partial charge < -0.3 is 11.1 Å². The molecule has 1 aromatic carbocycles. The van der Waals surface area contributed by atoms with E-state index in [-0.39, 0.29) is 10.3 Å². The minimum atomic E-state index is -3.20. The molecule has 0 amide bonds. The molecule has 108 valence electrons. The maximum Gasteiger partial charge on any atom is 0.175 e. The van der Waals surface area contributed by atoms with Gasteiger partial charge in [0, 0.05) is 12.8 Å². The Morgan fingerprint density at radius 2 is 1.89 bits per heavy atom. The lowest BCUT2D eigenvalue weighted by Gasteiger charge is -2.28. The quantitative estimate of drug-likeness (QED) is 0.834. The van der Waals surface area contributed by atoms with Crippen molar-refractivity contribution in [1.29, 1.82) is 0 Å². The van der Waals surface area contributed by atoms with Crippen LogP contribution in [0.25, 0.3) is 0 Å². The predicted octanol–water partition coefficient (Wildman–Crippen LogP) is 2.77. The van der Waals surface area contributed by atoms with Crippen molar-refractivity contribution in [3.8, 4) is 0 Å². The molecule has 0 aliphatic carbocycles. The molecule has 0 fully saturated rings. The molecule has 0 spiro atoms. The molecular weight excluding hydrogens is 260 g/mol. The maximum absolute atomic E-state index is 11.4. The highest BCUT2D eigenvalue weighted by Crippen LogP contribution is 2.27. The second-order valence-electron chi connectivity index (χ2n) is 6.17. The normalized spacial score (nSPS) is 14.2. The smallest absolute Gasteiger partial charge is 0.175 e. The summed E-state index contributed by atoms with van der Waals surface area (Å²) >= 11 is 0. The summed E-state index contributed by atoms with van der Waals surface area (Å²) in [5.74, 6) is 0.474. The Kier molecular flexibility index (Phi) is 4.50. The summed E-state index contributed by atoms with van der Waals surface area (Å²) in [5, 5.41) is 3.28. The molecule has 0 radical (unpaired) electrons. The van der Waals surface area contributed by atoms with E-state index >= 15 is 0 Å². The summed E-state index contributed by atoms with van der Waals surface area (Å²) < 4.78 is 22.8. The van der Waals surface area contributed by atoms with Crippen LogP contribution in [0.2, 0.25) is 0 Å². The van der Waals surface area contributed by atoms with Crippen LogP contribution in [-0.2, 0) is 9.84 Å². The molecule has 0 aromatic heterocycles. The molecule has 19 heavy (non-hydrogen) atoms. The lowest BCUT2D eigenvalue weighted by molar-refractivity contribution is 0.274. The number of rotatable bonds is 4. The Hall–Kier alpha value is -1.23. The molecule has 0 aliphatic rings. The first kappa shape index (κ1) is 15.8. The van der Waals surface area contributed by atoms with E-state index in [1.165, 1.54) is 12.3 Å². The number of hydrogen-bond acceptors (Lipinski definition) is 4. The molecular formula is C14H24N2O2S. The first-order chi connectivity index (χ1) is 8.51. The average Bonchev–Trinajstić information content (AvgIpc) is 2.24. The zero-order valence-electron chi connectivity index (χ0n) is 12.3. The Labute approximate surface area is 116 Å². The van der Waals surface area contributed by atoms with E-state index in [9.17, 15) is 8.42 Å². The van der Waals surface area contributed by atoms with Crippen molar-refractivity contribution in [3.05, 3.63) is 18.2 Å². The molecule has 0 saturated heterocycles. The van der Waals surface area contributed by atoms with Gasteiger partial charge in [0.25, 0.3) is 0 Å². The van der Waals surface area contributed by atoms with Crippen LogP contribution < -0.4 is 11.1 Å². The second-order valence-corrected chi connectivity index (χ2v) is 8.18. The SMILES string of the molecule is CC(CNc1ccc(S(C)(=O)=O)cc1N)C(C)(C)C. The highest BCUT2D eigenvalue weighted by atomic mass is 32.2. The van der Waals surface area contributed by atoms with Crippen LogP contribution in [0.5, 0.6) is 0 Å². The van der Waals surface area contributed by atoms with Gasteiger partial charge in [0.2, 0.25) is 0 Å². The third-order valence-corrected chi connectivity index (χ3v) is 4.64. The fourth-order valence-corrected chi connectivity index (χ4v) is 2.16. The summed E-state index contributed by atoms with van der Waals surface area (Å²) in [5.41, 5.74) is 7.35. The average molecular weight is 284 g/mol. The van der Waals surface area contributed by atoms with Crippen molar-refractivity contribution in [3.63, 3.8) is 0 Å². The molecule has 5 heteroatoms. The molecule has 1 aromatic rings. The van der Waals surface area contributed by atoms with Crippen molar-refractivity contribution in [1.82, 2.24) is 0 Å². The highest BCUT2D eigenvalue weighted by Gasteiger charge is 2.19. The molecule has 0 bridgehead atoms. The topological polar surface area (TPSA) is 72.2 Å². The van der Waals surface area contributed by atoms with Crippen LogP contribution in [0.1, 0.15) is 27.7 Å². The standard InChI is InChI=1S/C14H24N2O2S/c1-10(14(2,3)4)9-16-13-7-6-11(8-12(13)15)19(5,17)18/h6-8,10,16H,9,15H2,1-5H3. The second kappa shape index (κ2) is 5.41. The Bertz CT molecular complexity index is 545. The maximum atomic E-state index is 11.4. The summed E-state index contributed by atoms with van der Waals surface area (Å²) in [7, 11) is -3.20. The third kappa shape index (κ3) is 4.42. The fourth-order valence-electron chi connectivity index (χ4n) is 1.50. The van der Waals surface area contributed by atoms with E-state index in [1.54, 1.807) is 12.1 Å². The third-order valence-electron chi connectivity index (χ3n) is 3.53.